The minimum Gasteiger partial charge on any atom is -0.504 e. The molecule has 1 aromatic carbocycles. The smallest absolute Gasteiger partial charge is 0.253 e. The van der Waals surface area contributed by atoms with Gasteiger partial charge in [0.25, 0.3) is 5.91 Å². The highest BCUT2D eigenvalue weighted by Gasteiger charge is 2.40. The molecule has 3 rings (SSSR count). The van der Waals surface area contributed by atoms with Crippen molar-refractivity contribution in [1.82, 2.24) is 10.2 Å². The Kier molecular flexibility index (Phi) is 3.71. The quantitative estimate of drug-likeness (QED) is 0.729. The van der Waals surface area contributed by atoms with Crippen LogP contribution in [0.2, 0.25) is 5.02 Å². The van der Waals surface area contributed by atoms with E-state index in [0.717, 1.165) is 25.9 Å². The van der Waals surface area contributed by atoms with Gasteiger partial charge in [0.05, 0.1) is 10.6 Å². The lowest BCUT2D eigenvalue weighted by molar-refractivity contribution is 0.0935. The predicted octanol–water partition coefficient (Wildman–Crippen LogP) is 1.82. The summed E-state index contributed by atoms with van der Waals surface area (Å²) in [4.78, 5) is 14.6. The van der Waals surface area contributed by atoms with Gasteiger partial charge in [-0.2, -0.15) is 0 Å². The molecule has 21 heavy (non-hydrogen) atoms. The molecule has 1 saturated heterocycles. The summed E-state index contributed by atoms with van der Waals surface area (Å²) >= 11 is 5.92. The summed E-state index contributed by atoms with van der Waals surface area (Å²) < 4.78 is 0. The SMILES string of the molecule is CN1C[C@H]2C[C@@H](NC(=O)c3ccc(O)c(O)c3Cl)C[C@H]2C1. The highest BCUT2D eigenvalue weighted by atomic mass is 35.5. The van der Waals surface area contributed by atoms with Crippen molar-refractivity contribution in [1.29, 1.82) is 0 Å². The number of aromatic hydroxyl groups is 2. The van der Waals surface area contributed by atoms with E-state index in [1.54, 1.807) is 0 Å². The van der Waals surface area contributed by atoms with Crippen LogP contribution in [-0.4, -0.2) is 47.2 Å². The molecule has 5 nitrogen and oxygen atoms in total. The Morgan fingerprint density at radius 1 is 1.29 bits per heavy atom. The number of phenolic OH excluding ortho intramolecular Hbond substituents is 2. The first-order valence-corrected chi connectivity index (χ1v) is 7.53. The van der Waals surface area contributed by atoms with Crippen LogP contribution < -0.4 is 5.32 Å². The van der Waals surface area contributed by atoms with E-state index < -0.39 is 5.75 Å². The number of halogens is 1. The van der Waals surface area contributed by atoms with Crippen LogP contribution >= 0.6 is 11.6 Å². The van der Waals surface area contributed by atoms with E-state index in [0.29, 0.717) is 11.8 Å². The van der Waals surface area contributed by atoms with Crippen molar-refractivity contribution >= 4 is 17.5 Å². The Morgan fingerprint density at radius 2 is 1.90 bits per heavy atom. The maximum atomic E-state index is 12.3. The zero-order valence-corrected chi connectivity index (χ0v) is 12.6. The molecule has 1 saturated carbocycles. The fourth-order valence-electron chi connectivity index (χ4n) is 3.65. The molecule has 2 fully saturated rings. The molecule has 1 heterocycles. The number of hydrogen-bond donors (Lipinski definition) is 3. The Morgan fingerprint density at radius 3 is 2.52 bits per heavy atom. The second-order valence-corrected chi connectivity index (χ2v) is 6.56. The van der Waals surface area contributed by atoms with Crippen molar-refractivity contribution in [2.24, 2.45) is 11.8 Å². The summed E-state index contributed by atoms with van der Waals surface area (Å²) in [7, 11) is 2.13. The zero-order valence-electron chi connectivity index (χ0n) is 11.8. The lowest BCUT2D eigenvalue weighted by Gasteiger charge is -2.17. The molecule has 1 aromatic rings. The zero-order chi connectivity index (χ0) is 15.1. The van der Waals surface area contributed by atoms with Crippen molar-refractivity contribution in [2.45, 2.75) is 18.9 Å². The first kappa shape index (κ1) is 14.5. The first-order valence-electron chi connectivity index (χ1n) is 7.15. The Balaban J connectivity index is 1.67. The molecule has 3 N–H and O–H groups in total. The largest absolute Gasteiger partial charge is 0.504 e. The lowest BCUT2D eigenvalue weighted by Crippen LogP contribution is -2.34. The number of amides is 1. The number of carbonyl (C=O) groups excluding carboxylic acids is 1. The van der Waals surface area contributed by atoms with Gasteiger partial charge in [0.15, 0.2) is 11.5 Å². The normalized spacial score (nSPS) is 28.6. The molecular formula is C15H19ClN2O3. The van der Waals surface area contributed by atoms with Crippen LogP contribution in [0.25, 0.3) is 0 Å². The molecule has 0 radical (unpaired) electrons. The van der Waals surface area contributed by atoms with E-state index in [4.69, 9.17) is 11.6 Å². The predicted molar refractivity (Wildman–Crippen MR) is 79.7 cm³/mol. The van der Waals surface area contributed by atoms with Crippen molar-refractivity contribution in [3.8, 4) is 11.5 Å². The number of fused-ring (bicyclic) bond motifs is 1. The summed E-state index contributed by atoms with van der Waals surface area (Å²) in [5.74, 6) is 0.242. The third-order valence-electron chi connectivity index (χ3n) is 4.61. The van der Waals surface area contributed by atoms with Crippen molar-refractivity contribution < 1.29 is 15.0 Å². The molecule has 2 aliphatic rings. The van der Waals surface area contributed by atoms with Gasteiger partial charge in [-0.25, -0.2) is 0 Å². The monoisotopic (exact) mass is 310 g/mol. The molecular weight excluding hydrogens is 292 g/mol. The summed E-state index contributed by atoms with van der Waals surface area (Å²) in [6.07, 6.45) is 1.98. The van der Waals surface area contributed by atoms with Gasteiger partial charge in [0.2, 0.25) is 0 Å². The van der Waals surface area contributed by atoms with Gasteiger partial charge in [-0.3, -0.25) is 4.79 Å². The average molecular weight is 311 g/mol. The third-order valence-corrected chi connectivity index (χ3v) is 4.99. The fraction of sp³-hybridized carbons (Fsp3) is 0.533. The number of rotatable bonds is 2. The summed E-state index contributed by atoms with van der Waals surface area (Å²) in [5, 5.41) is 21.8. The van der Waals surface area contributed by atoms with E-state index in [1.165, 1.54) is 12.1 Å². The van der Waals surface area contributed by atoms with Gasteiger partial charge in [0, 0.05) is 19.1 Å². The lowest BCUT2D eigenvalue weighted by atomic mass is 10.0. The Hall–Kier alpha value is -1.46. The minimum atomic E-state index is -0.450. The maximum Gasteiger partial charge on any atom is 0.253 e. The molecule has 6 heteroatoms. The first-order chi connectivity index (χ1) is 9.95. The fourth-order valence-corrected chi connectivity index (χ4v) is 3.89. The van der Waals surface area contributed by atoms with Crippen LogP contribution in [0.1, 0.15) is 23.2 Å². The number of phenols is 2. The molecule has 0 bridgehead atoms. The number of benzene rings is 1. The number of likely N-dealkylation sites (tertiary alicyclic amines) is 1. The summed E-state index contributed by atoms with van der Waals surface area (Å²) in [5.41, 5.74) is 0.196. The van der Waals surface area contributed by atoms with E-state index in [-0.39, 0.29) is 28.3 Å². The molecule has 0 spiro atoms. The minimum absolute atomic E-state index is 0.106. The van der Waals surface area contributed by atoms with Gasteiger partial charge < -0.3 is 20.4 Å². The van der Waals surface area contributed by atoms with Crippen LogP contribution in [-0.2, 0) is 0 Å². The molecule has 114 valence electrons. The second kappa shape index (κ2) is 5.39. The van der Waals surface area contributed by atoms with Crippen molar-refractivity contribution in [3.05, 3.63) is 22.7 Å². The van der Waals surface area contributed by atoms with Crippen LogP contribution in [0.15, 0.2) is 12.1 Å². The average Bonchev–Trinajstić information content (AvgIpc) is 2.92. The number of nitrogens with zero attached hydrogens (tertiary/aromatic N) is 1. The van der Waals surface area contributed by atoms with Crippen molar-refractivity contribution in [2.75, 3.05) is 20.1 Å². The summed E-state index contributed by atoms with van der Waals surface area (Å²) in [6.45, 7) is 2.19. The third kappa shape index (κ3) is 2.68. The number of carbonyl (C=O) groups is 1. The number of nitrogens with one attached hydrogen (secondary N) is 1. The second-order valence-electron chi connectivity index (χ2n) is 6.18. The molecule has 1 amide bonds. The van der Waals surface area contributed by atoms with Gasteiger partial charge >= 0.3 is 0 Å². The highest BCUT2D eigenvalue weighted by molar-refractivity contribution is 6.35. The molecule has 0 aromatic heterocycles. The van der Waals surface area contributed by atoms with Crippen LogP contribution in [0.4, 0.5) is 0 Å². The summed E-state index contributed by atoms with van der Waals surface area (Å²) in [6, 6.07) is 2.86. The van der Waals surface area contributed by atoms with Crippen molar-refractivity contribution in [3.63, 3.8) is 0 Å². The standard InChI is InChI=1S/C15H19ClN2O3/c1-18-6-8-4-10(5-9(8)7-18)17-15(21)11-2-3-12(19)14(20)13(11)16/h2-3,8-10,19-20H,4-7H2,1H3,(H,17,21)/t8-,9+,10-. The van der Waals surface area contributed by atoms with Gasteiger partial charge in [-0.05, 0) is 43.9 Å². The topological polar surface area (TPSA) is 72.8 Å². The Labute approximate surface area is 128 Å². The van der Waals surface area contributed by atoms with E-state index in [9.17, 15) is 15.0 Å². The molecule has 1 aliphatic carbocycles. The molecule has 1 aliphatic heterocycles. The number of hydrogen-bond acceptors (Lipinski definition) is 4. The van der Waals surface area contributed by atoms with Gasteiger partial charge in [-0.1, -0.05) is 11.6 Å². The maximum absolute atomic E-state index is 12.3. The highest BCUT2D eigenvalue weighted by Crippen LogP contribution is 2.38. The van der Waals surface area contributed by atoms with Gasteiger partial charge in [0.1, 0.15) is 0 Å². The van der Waals surface area contributed by atoms with Crippen LogP contribution in [0, 0.1) is 11.8 Å². The molecule has 0 unspecified atom stereocenters. The van der Waals surface area contributed by atoms with Gasteiger partial charge in [-0.15, -0.1) is 0 Å². The Bertz CT molecular complexity index is 564. The van der Waals surface area contributed by atoms with E-state index >= 15 is 0 Å². The van der Waals surface area contributed by atoms with E-state index in [1.807, 2.05) is 0 Å². The van der Waals surface area contributed by atoms with E-state index in [2.05, 4.69) is 17.3 Å². The molecule has 3 atom stereocenters. The van der Waals surface area contributed by atoms with Crippen LogP contribution in [0.3, 0.4) is 0 Å². The van der Waals surface area contributed by atoms with Crippen LogP contribution in [0.5, 0.6) is 11.5 Å².